The second-order valence-electron chi connectivity index (χ2n) is 8.19. The SMILES string of the molecule is CC(=O)O.CC(=O)O.NC(N)=NC(N)=NCCCCCCN=C(N)N=C(Nc1ccc(Cl)cc1)Nc1ccc(Cl)cc1.O. The molecule has 2 rings (SSSR count). The van der Waals surface area contributed by atoms with Gasteiger partial charge in [0.15, 0.2) is 5.96 Å². The number of carbonyl (C=O) groups is 2. The summed E-state index contributed by atoms with van der Waals surface area (Å²) in [4.78, 5) is 34.5. The number of carboxylic acids is 2. The Hall–Kier alpha value is -4.60. The van der Waals surface area contributed by atoms with Crippen LogP contribution in [0.3, 0.4) is 0 Å². The summed E-state index contributed by atoms with van der Waals surface area (Å²) in [7, 11) is 0. The van der Waals surface area contributed by atoms with Gasteiger partial charge in [-0.25, -0.2) is 0 Å². The lowest BCUT2D eigenvalue weighted by Crippen LogP contribution is -2.26. The highest BCUT2D eigenvalue weighted by Crippen LogP contribution is 2.16. The van der Waals surface area contributed by atoms with Crippen molar-refractivity contribution in [2.45, 2.75) is 39.5 Å². The van der Waals surface area contributed by atoms with Crippen LogP contribution in [0.4, 0.5) is 11.4 Å². The summed E-state index contributed by atoms with van der Waals surface area (Å²) in [5.41, 5.74) is 23.7. The minimum atomic E-state index is -0.833. The van der Waals surface area contributed by atoms with Gasteiger partial charge in [-0.1, -0.05) is 36.0 Å². The van der Waals surface area contributed by atoms with Gasteiger partial charge >= 0.3 is 0 Å². The summed E-state index contributed by atoms with van der Waals surface area (Å²) in [6.07, 6.45) is 3.68. The average molecular weight is 644 g/mol. The number of hydrogen-bond acceptors (Lipinski definition) is 4. The standard InChI is InChI=1S/C22H30Cl2N10.2C2H4O2.H2O/c23-15-5-9-17(10-6-15)31-22(32-18-11-7-16(24)8-12-18)34-21(28)30-14-4-2-1-3-13-29-20(27)33-19(25)26;2*1-2(3)4;/h5-12H,1-4,13-14H2,(H6,25,26,27,29,33)(H4,28,30,31,32,34);2*1H3,(H,3,4);1H2. The van der Waals surface area contributed by atoms with Gasteiger partial charge in [-0.15, -0.1) is 0 Å². The number of hydrogen-bond donors (Lipinski definition) is 8. The monoisotopic (exact) mass is 642 g/mol. The Morgan fingerprint density at radius 1 is 0.674 bits per heavy atom. The summed E-state index contributed by atoms with van der Waals surface area (Å²) in [6, 6.07) is 14.5. The van der Waals surface area contributed by atoms with Crippen LogP contribution in [0.25, 0.3) is 0 Å². The van der Waals surface area contributed by atoms with E-state index in [4.69, 9.17) is 65.9 Å². The van der Waals surface area contributed by atoms with Crippen LogP contribution in [0, 0.1) is 0 Å². The molecule has 0 aliphatic carbocycles. The number of anilines is 2. The van der Waals surface area contributed by atoms with Gasteiger partial charge in [-0.3, -0.25) is 19.6 Å². The van der Waals surface area contributed by atoms with Crippen LogP contribution in [-0.2, 0) is 9.59 Å². The third-order valence-electron chi connectivity index (χ3n) is 4.30. The second kappa shape index (κ2) is 24.0. The Kier molecular flexibility index (Phi) is 22.7. The Bertz CT molecular complexity index is 1150. The largest absolute Gasteiger partial charge is 0.481 e. The van der Waals surface area contributed by atoms with Gasteiger partial charge in [-0.2, -0.15) is 9.98 Å². The predicted molar refractivity (Wildman–Crippen MR) is 175 cm³/mol. The number of nitrogens with zero attached hydrogens (tertiary/aromatic N) is 4. The molecule has 17 heteroatoms. The maximum Gasteiger partial charge on any atom is 0.300 e. The molecule has 0 amide bonds. The third-order valence-corrected chi connectivity index (χ3v) is 4.80. The molecule has 0 saturated heterocycles. The number of halogens is 2. The topological polar surface area (TPSA) is 284 Å². The number of nitrogens with one attached hydrogen (secondary N) is 2. The third kappa shape index (κ3) is 26.1. The summed E-state index contributed by atoms with van der Waals surface area (Å²) in [5, 5.41) is 22.5. The lowest BCUT2D eigenvalue weighted by atomic mass is 10.2. The normalized spacial score (nSPS) is 10.3. The molecule has 2 aromatic rings. The molecular formula is C26H40Cl2N10O5. The van der Waals surface area contributed by atoms with E-state index in [9.17, 15) is 0 Å². The van der Waals surface area contributed by atoms with Crippen LogP contribution in [0.1, 0.15) is 39.5 Å². The molecule has 0 heterocycles. The Labute approximate surface area is 260 Å². The molecule has 0 radical (unpaired) electrons. The Morgan fingerprint density at radius 3 is 1.33 bits per heavy atom. The number of guanidine groups is 4. The van der Waals surface area contributed by atoms with E-state index < -0.39 is 11.9 Å². The highest BCUT2D eigenvalue weighted by molar-refractivity contribution is 6.31. The van der Waals surface area contributed by atoms with Crippen molar-refractivity contribution >= 4 is 70.4 Å². The second-order valence-corrected chi connectivity index (χ2v) is 9.07. The van der Waals surface area contributed by atoms with Crippen LogP contribution in [-0.4, -0.2) is 64.6 Å². The van der Waals surface area contributed by atoms with Crippen LogP contribution in [0.15, 0.2) is 68.5 Å². The number of rotatable bonds is 9. The van der Waals surface area contributed by atoms with Gasteiger partial charge in [0.25, 0.3) is 11.9 Å². The molecule has 15 nitrogen and oxygen atoms in total. The fourth-order valence-corrected chi connectivity index (χ4v) is 2.96. The van der Waals surface area contributed by atoms with Gasteiger partial charge in [-0.05, 0) is 61.4 Å². The van der Waals surface area contributed by atoms with Crippen molar-refractivity contribution in [3.63, 3.8) is 0 Å². The fourth-order valence-electron chi connectivity index (χ4n) is 2.71. The van der Waals surface area contributed by atoms with E-state index in [0.717, 1.165) is 50.9 Å². The molecule has 0 aliphatic rings. The van der Waals surface area contributed by atoms with Gasteiger partial charge in [0, 0.05) is 48.4 Å². The lowest BCUT2D eigenvalue weighted by molar-refractivity contribution is -0.135. The summed E-state index contributed by atoms with van der Waals surface area (Å²) < 4.78 is 0. The van der Waals surface area contributed by atoms with E-state index in [-0.39, 0.29) is 23.4 Å². The molecule has 0 spiro atoms. The zero-order valence-electron chi connectivity index (χ0n) is 23.9. The molecule has 43 heavy (non-hydrogen) atoms. The van der Waals surface area contributed by atoms with Crippen molar-refractivity contribution in [1.82, 2.24) is 0 Å². The average Bonchev–Trinajstić information content (AvgIpc) is 2.87. The highest BCUT2D eigenvalue weighted by atomic mass is 35.5. The van der Waals surface area contributed by atoms with Gasteiger partial charge in [0.1, 0.15) is 0 Å². The zero-order valence-corrected chi connectivity index (χ0v) is 25.4. The van der Waals surface area contributed by atoms with Crippen molar-refractivity contribution in [1.29, 1.82) is 0 Å². The lowest BCUT2D eigenvalue weighted by Gasteiger charge is -2.12. The summed E-state index contributed by atoms with van der Waals surface area (Å²) in [5.74, 6) is -1.10. The Balaban J connectivity index is 0. The van der Waals surface area contributed by atoms with Crippen LogP contribution in [0.2, 0.25) is 10.0 Å². The van der Waals surface area contributed by atoms with Gasteiger partial charge < -0.3 is 49.3 Å². The van der Waals surface area contributed by atoms with E-state index in [2.05, 4.69) is 30.6 Å². The maximum absolute atomic E-state index is 9.00. The molecule has 2 aromatic carbocycles. The number of carboxylic acid groups (broad SMARTS) is 2. The summed E-state index contributed by atoms with van der Waals surface area (Å²) >= 11 is 11.9. The molecule has 14 N–H and O–H groups in total. The zero-order chi connectivity index (χ0) is 31.9. The van der Waals surface area contributed by atoms with E-state index in [0.29, 0.717) is 29.1 Å². The molecular weight excluding hydrogens is 603 g/mol. The first-order chi connectivity index (χ1) is 19.8. The first-order valence-corrected chi connectivity index (χ1v) is 13.3. The minimum absolute atomic E-state index is 0. The van der Waals surface area contributed by atoms with Gasteiger partial charge in [0.05, 0.1) is 0 Å². The van der Waals surface area contributed by atoms with Crippen molar-refractivity contribution in [3.8, 4) is 0 Å². The molecule has 0 aliphatic heterocycles. The van der Waals surface area contributed by atoms with Crippen molar-refractivity contribution < 1.29 is 25.3 Å². The van der Waals surface area contributed by atoms with Crippen molar-refractivity contribution in [2.75, 3.05) is 23.7 Å². The van der Waals surface area contributed by atoms with Gasteiger partial charge in [0.2, 0.25) is 17.9 Å². The smallest absolute Gasteiger partial charge is 0.300 e. The maximum atomic E-state index is 9.00. The highest BCUT2D eigenvalue weighted by Gasteiger charge is 2.04. The molecule has 0 saturated carbocycles. The van der Waals surface area contributed by atoms with E-state index in [1.165, 1.54) is 0 Å². The Morgan fingerprint density at radius 2 is 1.00 bits per heavy atom. The van der Waals surface area contributed by atoms with Crippen molar-refractivity contribution in [3.05, 3.63) is 58.6 Å². The number of benzene rings is 2. The molecule has 0 fully saturated rings. The van der Waals surface area contributed by atoms with E-state index in [1.807, 2.05) is 24.3 Å². The number of unbranched alkanes of at least 4 members (excludes halogenated alkanes) is 3. The molecule has 0 bridgehead atoms. The number of aliphatic carboxylic acids is 2. The minimum Gasteiger partial charge on any atom is -0.481 e. The van der Waals surface area contributed by atoms with Crippen molar-refractivity contribution in [2.24, 2.45) is 42.9 Å². The first kappa shape index (κ1) is 40.5. The molecule has 238 valence electrons. The van der Waals surface area contributed by atoms with E-state index in [1.54, 1.807) is 24.3 Å². The van der Waals surface area contributed by atoms with Crippen LogP contribution >= 0.6 is 23.2 Å². The summed E-state index contributed by atoms with van der Waals surface area (Å²) in [6.45, 7) is 3.29. The van der Waals surface area contributed by atoms with Crippen LogP contribution in [0.5, 0.6) is 0 Å². The number of aliphatic imine (C=N–C) groups is 4. The number of nitrogens with two attached hydrogens (primary N) is 4. The predicted octanol–water partition coefficient (Wildman–Crippen LogP) is 2.69. The molecule has 0 atom stereocenters. The molecule has 0 aromatic heterocycles. The quantitative estimate of drug-likeness (QED) is 0.112. The van der Waals surface area contributed by atoms with E-state index >= 15 is 0 Å². The van der Waals surface area contributed by atoms with Crippen LogP contribution < -0.4 is 33.6 Å². The fraction of sp³-hybridized carbons (Fsp3) is 0.308. The molecule has 0 unspecified atom stereocenters. The first-order valence-electron chi connectivity index (χ1n) is 12.5.